The molecule has 0 atom stereocenters. The molecule has 0 spiro atoms. The smallest absolute Gasteiger partial charge is 0.160 e. The largest absolute Gasteiger partial charge is 0.453 e. The van der Waals surface area contributed by atoms with Crippen LogP contribution in [0.3, 0.4) is 0 Å². The Kier molecular flexibility index (Phi) is 6.97. The van der Waals surface area contributed by atoms with E-state index in [9.17, 15) is 13.2 Å². The van der Waals surface area contributed by atoms with Crippen LogP contribution in [0.15, 0.2) is 0 Å². The summed E-state index contributed by atoms with van der Waals surface area (Å²) in [7, 11) is 0. The Morgan fingerprint density at radius 1 is 1.15 bits per heavy atom. The van der Waals surface area contributed by atoms with Crippen molar-refractivity contribution >= 4 is 11.8 Å². The number of unbranched alkanes of at least 4 members (excludes halogenated alkanes) is 4. The summed E-state index contributed by atoms with van der Waals surface area (Å²) in [6, 6.07) is 0. The van der Waals surface area contributed by atoms with Crippen LogP contribution >= 0.6 is 11.8 Å². The highest BCUT2D eigenvalue weighted by Crippen LogP contribution is 2.28. The molecule has 0 rings (SSSR count). The van der Waals surface area contributed by atoms with Crippen LogP contribution < -0.4 is 0 Å². The second-order valence-corrected chi connectivity index (χ2v) is 3.51. The lowest BCUT2D eigenvalue weighted by Crippen LogP contribution is -1.96. The van der Waals surface area contributed by atoms with Crippen molar-refractivity contribution in [3.8, 4) is 11.2 Å². The van der Waals surface area contributed by atoms with Gasteiger partial charge in [0.25, 0.3) is 0 Å². The van der Waals surface area contributed by atoms with Gasteiger partial charge < -0.3 is 0 Å². The fourth-order valence-corrected chi connectivity index (χ4v) is 1.08. The van der Waals surface area contributed by atoms with Crippen LogP contribution in [-0.2, 0) is 0 Å². The van der Waals surface area contributed by atoms with Crippen LogP contribution in [0, 0.1) is 11.2 Å². The maximum absolute atomic E-state index is 11.5. The Labute approximate surface area is 81.3 Å². The average molecular weight is 210 g/mol. The maximum Gasteiger partial charge on any atom is 0.453 e. The monoisotopic (exact) mass is 210 g/mol. The van der Waals surface area contributed by atoms with Crippen LogP contribution in [0.4, 0.5) is 13.2 Å². The quantitative estimate of drug-likeness (QED) is 0.495. The molecule has 0 aliphatic carbocycles. The van der Waals surface area contributed by atoms with Gasteiger partial charge in [0.1, 0.15) is 0 Å². The topological polar surface area (TPSA) is 0 Å². The molecule has 0 saturated heterocycles. The number of hydrogen-bond acceptors (Lipinski definition) is 1. The summed E-state index contributed by atoms with van der Waals surface area (Å²) in [6.07, 6.45) is 4.79. The fraction of sp³-hybridized carbons (Fsp3) is 0.778. The van der Waals surface area contributed by atoms with Crippen molar-refractivity contribution in [2.75, 3.05) is 0 Å². The van der Waals surface area contributed by atoms with Crippen LogP contribution in [0.25, 0.3) is 0 Å². The molecule has 0 saturated carbocycles. The summed E-state index contributed by atoms with van der Waals surface area (Å²) in [6.45, 7) is 2.09. The predicted molar refractivity (Wildman–Crippen MR) is 50.2 cm³/mol. The van der Waals surface area contributed by atoms with Crippen LogP contribution in [-0.4, -0.2) is 5.51 Å². The van der Waals surface area contributed by atoms with E-state index in [4.69, 9.17) is 0 Å². The number of hydrogen-bond donors (Lipinski definition) is 0. The first-order chi connectivity index (χ1) is 6.06. The summed E-state index contributed by atoms with van der Waals surface area (Å²) >= 11 is -0.264. The van der Waals surface area contributed by atoms with Gasteiger partial charge in [-0.15, -0.1) is 0 Å². The molecule has 0 nitrogen and oxygen atoms in total. The van der Waals surface area contributed by atoms with Gasteiger partial charge >= 0.3 is 5.51 Å². The molecule has 0 fully saturated rings. The molecule has 0 heterocycles. The van der Waals surface area contributed by atoms with Gasteiger partial charge in [-0.05, 0) is 11.7 Å². The second-order valence-electron chi connectivity index (χ2n) is 2.64. The Morgan fingerprint density at radius 2 is 1.85 bits per heavy atom. The zero-order valence-corrected chi connectivity index (χ0v) is 8.39. The van der Waals surface area contributed by atoms with Gasteiger partial charge in [-0.25, -0.2) is 0 Å². The summed E-state index contributed by atoms with van der Waals surface area (Å²) < 4.78 is 34.6. The van der Waals surface area contributed by atoms with Crippen LogP contribution in [0.1, 0.15) is 39.0 Å². The Bertz CT molecular complexity index is 176. The minimum absolute atomic E-state index is 0.264. The maximum atomic E-state index is 11.5. The van der Waals surface area contributed by atoms with Gasteiger partial charge in [0.2, 0.25) is 0 Å². The van der Waals surface area contributed by atoms with Crippen molar-refractivity contribution in [2.24, 2.45) is 0 Å². The molecule has 4 heteroatoms. The first-order valence-electron chi connectivity index (χ1n) is 4.29. The third-order valence-electron chi connectivity index (χ3n) is 1.39. The van der Waals surface area contributed by atoms with E-state index in [1.54, 1.807) is 0 Å². The predicted octanol–water partition coefficient (Wildman–Crippen LogP) is 4.17. The van der Waals surface area contributed by atoms with Gasteiger partial charge in [-0.3, -0.25) is 0 Å². The molecule has 0 aromatic heterocycles. The van der Waals surface area contributed by atoms with E-state index in [-0.39, 0.29) is 11.8 Å². The molecule has 0 aromatic carbocycles. The number of halogens is 3. The van der Waals surface area contributed by atoms with Gasteiger partial charge in [-0.2, -0.15) is 13.2 Å². The fourth-order valence-electron chi connectivity index (χ4n) is 0.785. The molecule has 0 bridgehead atoms. The summed E-state index contributed by atoms with van der Waals surface area (Å²) in [5.74, 6) is 2.49. The summed E-state index contributed by atoms with van der Waals surface area (Å²) in [5.41, 5.74) is -4.21. The van der Waals surface area contributed by atoms with E-state index in [1.807, 2.05) is 5.25 Å². The van der Waals surface area contributed by atoms with Gasteiger partial charge in [0.05, 0.1) is 0 Å². The lowest BCUT2D eigenvalue weighted by molar-refractivity contribution is -0.0318. The minimum atomic E-state index is -4.21. The van der Waals surface area contributed by atoms with Crippen LogP contribution in [0.5, 0.6) is 0 Å². The molecule has 76 valence electrons. The van der Waals surface area contributed by atoms with E-state index in [0.717, 1.165) is 25.7 Å². The zero-order chi connectivity index (χ0) is 10.2. The molecule has 13 heavy (non-hydrogen) atoms. The number of rotatable bonds is 4. The molecule has 0 N–H and O–H groups in total. The minimum Gasteiger partial charge on any atom is -0.160 e. The Balaban J connectivity index is 3.31. The Morgan fingerprint density at radius 3 is 2.38 bits per heavy atom. The molecule has 0 radical (unpaired) electrons. The third-order valence-corrected chi connectivity index (χ3v) is 1.87. The molecule has 0 amide bonds. The van der Waals surface area contributed by atoms with Crippen molar-refractivity contribution in [3.05, 3.63) is 0 Å². The first-order valence-corrected chi connectivity index (χ1v) is 5.10. The molecule has 0 aliphatic heterocycles. The van der Waals surface area contributed by atoms with E-state index >= 15 is 0 Å². The Hall–Kier alpha value is -0.300. The highest BCUT2D eigenvalue weighted by molar-refractivity contribution is 8.04. The first kappa shape index (κ1) is 12.7. The third kappa shape index (κ3) is 11.7. The van der Waals surface area contributed by atoms with Gasteiger partial charge in [0, 0.05) is 18.2 Å². The SMILES string of the molecule is CCCCCCC#CSC(F)(F)F. The van der Waals surface area contributed by atoms with E-state index in [0.29, 0.717) is 6.42 Å². The average Bonchev–Trinajstić information content (AvgIpc) is 2.01. The molecular formula is C9H13F3S. The van der Waals surface area contributed by atoms with Crippen LogP contribution in [0.2, 0.25) is 0 Å². The highest BCUT2D eigenvalue weighted by Gasteiger charge is 2.27. The second kappa shape index (κ2) is 7.14. The lowest BCUT2D eigenvalue weighted by atomic mass is 10.2. The number of thioether (sulfide) groups is 1. The van der Waals surface area contributed by atoms with E-state index in [2.05, 4.69) is 12.8 Å². The van der Waals surface area contributed by atoms with Crippen molar-refractivity contribution < 1.29 is 13.2 Å². The van der Waals surface area contributed by atoms with E-state index in [1.165, 1.54) is 0 Å². The van der Waals surface area contributed by atoms with Crippen molar-refractivity contribution in [3.63, 3.8) is 0 Å². The van der Waals surface area contributed by atoms with Gasteiger partial charge in [0.15, 0.2) is 0 Å². The molecule has 0 unspecified atom stereocenters. The molecule has 0 aromatic rings. The highest BCUT2D eigenvalue weighted by atomic mass is 32.2. The van der Waals surface area contributed by atoms with Crippen molar-refractivity contribution in [1.29, 1.82) is 0 Å². The van der Waals surface area contributed by atoms with Gasteiger partial charge in [-0.1, -0.05) is 32.1 Å². The van der Waals surface area contributed by atoms with Crippen molar-refractivity contribution in [1.82, 2.24) is 0 Å². The molecular weight excluding hydrogens is 197 g/mol. The zero-order valence-electron chi connectivity index (χ0n) is 7.58. The lowest BCUT2D eigenvalue weighted by Gasteiger charge is -1.96. The normalized spacial score (nSPS) is 10.8. The van der Waals surface area contributed by atoms with Crippen molar-refractivity contribution in [2.45, 2.75) is 44.5 Å². The standard InChI is InChI=1S/C9H13F3S/c1-2-3-4-5-6-7-8-13-9(10,11)12/h2-6H2,1H3. The molecule has 0 aliphatic rings. The van der Waals surface area contributed by atoms with E-state index < -0.39 is 5.51 Å². The summed E-state index contributed by atoms with van der Waals surface area (Å²) in [4.78, 5) is 0. The number of alkyl halides is 3. The summed E-state index contributed by atoms with van der Waals surface area (Å²) in [5, 5.41) is 2.04.